The molecule has 1 heterocycles. The summed E-state index contributed by atoms with van der Waals surface area (Å²) < 4.78 is 0. The van der Waals surface area contributed by atoms with Crippen molar-refractivity contribution < 1.29 is 0 Å². The fourth-order valence-corrected chi connectivity index (χ4v) is 2.14. The number of nitrogens with zero attached hydrogens (tertiary/aromatic N) is 1. The molecule has 88 valence electrons. The van der Waals surface area contributed by atoms with Crippen LogP contribution in [0.5, 0.6) is 0 Å². The lowest BCUT2D eigenvalue weighted by Crippen LogP contribution is -2.39. The zero-order valence-corrected chi connectivity index (χ0v) is 10.6. The molecule has 1 unspecified atom stereocenters. The van der Waals surface area contributed by atoms with Crippen molar-refractivity contribution in [1.29, 1.82) is 0 Å². The fraction of sp³-hybridized carbons (Fsp3) is 0.846. The van der Waals surface area contributed by atoms with Crippen LogP contribution >= 0.6 is 0 Å². The molecular weight excluding hydrogens is 184 g/mol. The highest BCUT2D eigenvalue weighted by Crippen LogP contribution is 2.15. The first-order valence-corrected chi connectivity index (χ1v) is 6.28. The lowest BCUT2D eigenvalue weighted by molar-refractivity contribution is 0.188. The van der Waals surface area contributed by atoms with E-state index in [2.05, 4.69) is 37.1 Å². The van der Waals surface area contributed by atoms with Crippen LogP contribution in [0, 0.1) is 5.92 Å². The van der Waals surface area contributed by atoms with Gasteiger partial charge < -0.3 is 5.32 Å². The van der Waals surface area contributed by atoms with E-state index in [1.54, 1.807) is 0 Å². The van der Waals surface area contributed by atoms with Crippen molar-refractivity contribution in [2.24, 2.45) is 5.92 Å². The second-order valence-corrected chi connectivity index (χ2v) is 4.86. The van der Waals surface area contributed by atoms with Gasteiger partial charge in [0.25, 0.3) is 0 Å². The van der Waals surface area contributed by atoms with Gasteiger partial charge in [-0.25, -0.2) is 0 Å². The predicted octanol–water partition coefficient (Wildman–Crippen LogP) is 2.27. The first kappa shape index (κ1) is 12.7. The van der Waals surface area contributed by atoms with Crippen LogP contribution in [0.4, 0.5) is 0 Å². The van der Waals surface area contributed by atoms with Crippen LogP contribution in [-0.4, -0.2) is 37.6 Å². The van der Waals surface area contributed by atoms with E-state index in [0.29, 0.717) is 0 Å². The third-order valence-corrected chi connectivity index (χ3v) is 3.04. The molecule has 0 radical (unpaired) electrons. The predicted molar refractivity (Wildman–Crippen MR) is 67.1 cm³/mol. The van der Waals surface area contributed by atoms with Crippen LogP contribution in [0.2, 0.25) is 0 Å². The standard InChI is InChI=1S/C13H26N2/c1-4-14-10-13-6-5-8-15(11-13)9-7-12(2)3/h7,13-14H,4-6,8-11H2,1-3H3. The maximum absolute atomic E-state index is 3.46. The largest absolute Gasteiger partial charge is 0.317 e. The van der Waals surface area contributed by atoms with E-state index in [1.165, 1.54) is 38.0 Å². The van der Waals surface area contributed by atoms with E-state index in [0.717, 1.165) is 19.0 Å². The summed E-state index contributed by atoms with van der Waals surface area (Å²) in [5.41, 5.74) is 1.43. The molecule has 0 saturated carbocycles. The van der Waals surface area contributed by atoms with Gasteiger partial charge in [0, 0.05) is 13.1 Å². The SMILES string of the molecule is CCNCC1CCCN(CC=C(C)C)C1. The second kappa shape index (κ2) is 7.02. The van der Waals surface area contributed by atoms with Crippen molar-refractivity contribution in [3.05, 3.63) is 11.6 Å². The van der Waals surface area contributed by atoms with Crippen molar-refractivity contribution in [3.8, 4) is 0 Å². The van der Waals surface area contributed by atoms with Crippen LogP contribution in [-0.2, 0) is 0 Å². The molecule has 0 aromatic carbocycles. The first-order valence-electron chi connectivity index (χ1n) is 6.28. The van der Waals surface area contributed by atoms with Gasteiger partial charge in [0.15, 0.2) is 0 Å². The van der Waals surface area contributed by atoms with Gasteiger partial charge >= 0.3 is 0 Å². The number of likely N-dealkylation sites (tertiary alicyclic amines) is 1. The highest BCUT2D eigenvalue weighted by molar-refractivity contribution is 4.95. The average Bonchev–Trinajstić information content (AvgIpc) is 2.24. The second-order valence-electron chi connectivity index (χ2n) is 4.86. The van der Waals surface area contributed by atoms with E-state index < -0.39 is 0 Å². The summed E-state index contributed by atoms with van der Waals surface area (Å²) in [4.78, 5) is 2.58. The molecule has 2 heteroatoms. The monoisotopic (exact) mass is 210 g/mol. The number of piperidine rings is 1. The minimum Gasteiger partial charge on any atom is -0.317 e. The Morgan fingerprint density at radius 1 is 1.47 bits per heavy atom. The Morgan fingerprint density at radius 2 is 2.27 bits per heavy atom. The van der Waals surface area contributed by atoms with Crippen molar-refractivity contribution in [2.75, 3.05) is 32.7 Å². The van der Waals surface area contributed by atoms with E-state index in [9.17, 15) is 0 Å². The molecule has 0 spiro atoms. The highest BCUT2D eigenvalue weighted by atomic mass is 15.1. The molecule has 0 aliphatic carbocycles. The third-order valence-electron chi connectivity index (χ3n) is 3.04. The fourth-order valence-electron chi connectivity index (χ4n) is 2.14. The maximum Gasteiger partial charge on any atom is 0.0165 e. The summed E-state index contributed by atoms with van der Waals surface area (Å²) in [5.74, 6) is 0.865. The zero-order valence-electron chi connectivity index (χ0n) is 10.6. The highest BCUT2D eigenvalue weighted by Gasteiger charge is 2.18. The van der Waals surface area contributed by atoms with Gasteiger partial charge in [0.05, 0.1) is 0 Å². The molecule has 1 aliphatic heterocycles. The van der Waals surface area contributed by atoms with Gasteiger partial charge in [-0.1, -0.05) is 18.6 Å². The molecule has 15 heavy (non-hydrogen) atoms. The van der Waals surface area contributed by atoms with Gasteiger partial charge in [-0.3, -0.25) is 4.90 Å². The van der Waals surface area contributed by atoms with Crippen LogP contribution in [0.15, 0.2) is 11.6 Å². The molecule has 0 aromatic rings. The smallest absolute Gasteiger partial charge is 0.0165 e. The Kier molecular flexibility index (Phi) is 5.96. The molecule has 1 aliphatic rings. The topological polar surface area (TPSA) is 15.3 Å². The number of rotatable bonds is 5. The van der Waals surface area contributed by atoms with Gasteiger partial charge in [0.1, 0.15) is 0 Å². The third kappa shape index (κ3) is 5.33. The molecule has 1 saturated heterocycles. The van der Waals surface area contributed by atoms with Crippen molar-refractivity contribution in [3.63, 3.8) is 0 Å². The molecule has 1 rings (SSSR count). The molecule has 0 aromatic heterocycles. The molecule has 0 amide bonds. The molecule has 0 bridgehead atoms. The molecule has 1 N–H and O–H groups in total. The minimum absolute atomic E-state index is 0.865. The van der Waals surface area contributed by atoms with Crippen LogP contribution in [0.1, 0.15) is 33.6 Å². The summed E-state index contributed by atoms with van der Waals surface area (Å²) in [7, 11) is 0. The summed E-state index contributed by atoms with van der Waals surface area (Å²) >= 11 is 0. The Bertz CT molecular complexity index is 195. The number of hydrogen-bond acceptors (Lipinski definition) is 2. The van der Waals surface area contributed by atoms with Crippen molar-refractivity contribution in [2.45, 2.75) is 33.6 Å². The summed E-state index contributed by atoms with van der Waals surface area (Å²) in [6, 6.07) is 0. The van der Waals surface area contributed by atoms with E-state index in [-0.39, 0.29) is 0 Å². The molecular formula is C13H26N2. The zero-order chi connectivity index (χ0) is 11.1. The number of hydrogen-bond donors (Lipinski definition) is 1. The maximum atomic E-state index is 3.46. The van der Waals surface area contributed by atoms with Crippen LogP contribution in [0.3, 0.4) is 0 Å². The Morgan fingerprint density at radius 3 is 2.93 bits per heavy atom. The Labute approximate surface area is 94.7 Å². The number of nitrogens with one attached hydrogen (secondary N) is 1. The average molecular weight is 210 g/mol. The van der Waals surface area contributed by atoms with Crippen molar-refractivity contribution in [1.82, 2.24) is 10.2 Å². The normalized spacial score (nSPS) is 22.7. The summed E-state index contributed by atoms with van der Waals surface area (Å²) in [5, 5.41) is 3.46. The van der Waals surface area contributed by atoms with Crippen molar-refractivity contribution >= 4 is 0 Å². The van der Waals surface area contributed by atoms with Gasteiger partial charge in [-0.2, -0.15) is 0 Å². The minimum atomic E-state index is 0.865. The first-order chi connectivity index (χ1) is 7.22. The lowest BCUT2D eigenvalue weighted by atomic mass is 9.98. The van der Waals surface area contributed by atoms with Gasteiger partial charge in [-0.15, -0.1) is 0 Å². The summed E-state index contributed by atoms with van der Waals surface area (Å²) in [6.45, 7) is 12.5. The Hall–Kier alpha value is -0.340. The quantitative estimate of drug-likeness (QED) is 0.700. The van der Waals surface area contributed by atoms with E-state index >= 15 is 0 Å². The van der Waals surface area contributed by atoms with E-state index in [4.69, 9.17) is 0 Å². The van der Waals surface area contributed by atoms with Gasteiger partial charge in [-0.05, 0) is 52.2 Å². The molecule has 1 fully saturated rings. The molecule has 1 atom stereocenters. The van der Waals surface area contributed by atoms with E-state index in [1.807, 2.05) is 0 Å². The van der Waals surface area contributed by atoms with Gasteiger partial charge in [0.2, 0.25) is 0 Å². The lowest BCUT2D eigenvalue weighted by Gasteiger charge is -2.32. The Balaban J connectivity index is 2.25. The number of allylic oxidation sites excluding steroid dienone is 1. The summed E-state index contributed by atoms with van der Waals surface area (Å²) in [6.07, 6.45) is 5.11. The van der Waals surface area contributed by atoms with Crippen LogP contribution < -0.4 is 5.32 Å². The van der Waals surface area contributed by atoms with Crippen LogP contribution in [0.25, 0.3) is 0 Å². The molecule has 2 nitrogen and oxygen atoms in total.